The number of rotatable bonds is 57. The molecule has 0 aromatic heterocycles. The van der Waals surface area contributed by atoms with Gasteiger partial charge in [-0.2, -0.15) is 0 Å². The minimum absolute atomic E-state index is 0.139. The maximum absolute atomic E-state index is 12.9. The van der Waals surface area contributed by atoms with E-state index in [1.165, 1.54) is 109 Å². The van der Waals surface area contributed by atoms with Crippen LogP contribution in [0.15, 0.2) is 122 Å². The van der Waals surface area contributed by atoms with Crippen LogP contribution in [0, 0.1) is 0 Å². The number of carboxylic acid groups (broad SMARTS) is 1. The van der Waals surface area contributed by atoms with Gasteiger partial charge in [0.2, 0.25) is 0 Å². The fraction of sp³-hybridized carbons (Fsp3) is 0.671. The van der Waals surface area contributed by atoms with Crippen molar-refractivity contribution >= 4 is 17.9 Å². The molecule has 0 N–H and O–H groups in total. The van der Waals surface area contributed by atoms with Gasteiger partial charge in [-0.3, -0.25) is 9.59 Å². The second kappa shape index (κ2) is 59.8. The molecule has 0 heterocycles. The fourth-order valence-corrected chi connectivity index (χ4v) is 8.35. The molecule has 79 heavy (non-hydrogen) atoms. The molecule has 0 rings (SSSR count). The third kappa shape index (κ3) is 61.2. The number of aliphatic carboxylic acids is 1. The molecule has 0 bridgehead atoms. The molecule has 0 aliphatic carbocycles. The van der Waals surface area contributed by atoms with E-state index < -0.39 is 24.3 Å². The summed E-state index contributed by atoms with van der Waals surface area (Å²) in [4.78, 5) is 37.4. The van der Waals surface area contributed by atoms with Crippen LogP contribution in [0.4, 0.5) is 0 Å². The van der Waals surface area contributed by atoms with E-state index in [-0.39, 0.29) is 38.6 Å². The molecule has 0 aromatic rings. The molecule has 0 spiro atoms. The van der Waals surface area contributed by atoms with Crippen molar-refractivity contribution in [2.45, 2.75) is 257 Å². The van der Waals surface area contributed by atoms with Crippen LogP contribution >= 0.6 is 0 Å². The van der Waals surface area contributed by atoms with Gasteiger partial charge in [-0.1, -0.05) is 245 Å². The first-order valence-corrected chi connectivity index (χ1v) is 31.7. The summed E-state index contributed by atoms with van der Waals surface area (Å²) in [6.07, 6.45) is 81.1. The van der Waals surface area contributed by atoms with Crippen molar-refractivity contribution in [2.24, 2.45) is 0 Å². The minimum Gasteiger partial charge on any atom is -0.545 e. The van der Waals surface area contributed by atoms with Crippen LogP contribution in [0.25, 0.3) is 0 Å². The van der Waals surface area contributed by atoms with Crippen molar-refractivity contribution in [1.82, 2.24) is 0 Å². The van der Waals surface area contributed by atoms with Gasteiger partial charge in [0.25, 0.3) is 0 Å². The molecule has 9 nitrogen and oxygen atoms in total. The number of nitrogens with zero attached hydrogens (tertiary/aromatic N) is 1. The molecule has 0 fully saturated rings. The topological polar surface area (TPSA) is 111 Å². The van der Waals surface area contributed by atoms with E-state index in [1.54, 1.807) is 0 Å². The average molecular weight is 1100 g/mol. The van der Waals surface area contributed by atoms with Gasteiger partial charge in [0.05, 0.1) is 40.3 Å². The second-order valence-corrected chi connectivity index (χ2v) is 22.0. The molecule has 0 amide bonds. The first kappa shape index (κ1) is 74.7. The highest BCUT2D eigenvalue weighted by atomic mass is 16.7. The predicted octanol–water partition coefficient (Wildman–Crippen LogP) is 17.9. The zero-order valence-corrected chi connectivity index (χ0v) is 51.2. The number of quaternary nitrogens is 1. The Bertz CT molecular complexity index is 1710. The van der Waals surface area contributed by atoms with Gasteiger partial charge in [0, 0.05) is 12.8 Å². The molecule has 0 aromatic carbocycles. The van der Waals surface area contributed by atoms with Crippen LogP contribution in [-0.2, 0) is 33.3 Å². The largest absolute Gasteiger partial charge is 0.545 e. The number of esters is 2. The van der Waals surface area contributed by atoms with Gasteiger partial charge in [0.1, 0.15) is 13.2 Å². The third-order valence-corrected chi connectivity index (χ3v) is 13.2. The van der Waals surface area contributed by atoms with Crippen LogP contribution in [0.3, 0.4) is 0 Å². The molecule has 0 radical (unpaired) electrons. The number of carbonyl (C=O) groups is 3. The normalized spacial score (nSPS) is 13.6. The van der Waals surface area contributed by atoms with E-state index in [0.717, 1.165) is 103 Å². The van der Waals surface area contributed by atoms with E-state index in [2.05, 4.69) is 135 Å². The van der Waals surface area contributed by atoms with Crippen molar-refractivity contribution in [3.05, 3.63) is 122 Å². The summed E-state index contributed by atoms with van der Waals surface area (Å²) in [7, 11) is 5.91. The van der Waals surface area contributed by atoms with E-state index in [9.17, 15) is 19.5 Å². The zero-order valence-electron chi connectivity index (χ0n) is 51.2. The molecule has 0 saturated heterocycles. The molecule has 0 aliphatic rings. The van der Waals surface area contributed by atoms with Gasteiger partial charge < -0.3 is 33.3 Å². The Labute approximate surface area is 485 Å². The summed E-state index contributed by atoms with van der Waals surface area (Å²) in [5.74, 6) is -2.31. The van der Waals surface area contributed by atoms with E-state index in [4.69, 9.17) is 18.9 Å². The second-order valence-electron chi connectivity index (χ2n) is 22.0. The van der Waals surface area contributed by atoms with Crippen LogP contribution < -0.4 is 5.11 Å². The van der Waals surface area contributed by atoms with Gasteiger partial charge >= 0.3 is 11.9 Å². The SMILES string of the molecule is CC/C=C\C/C=C\C/C=C\C/C=C\C/C=C\C/C=C\C/C=C\C/C=C\C/C=C\CCCCCCCCCC(=O)OC(COC(=O)CCCCCCCCCCC/C=C\CCCCCCCC)COC(OCC[N+](C)(C)C)C(=O)[O-]. The van der Waals surface area contributed by atoms with Gasteiger partial charge in [-0.15, -0.1) is 0 Å². The molecule has 0 aliphatic heterocycles. The summed E-state index contributed by atoms with van der Waals surface area (Å²) < 4.78 is 22.7. The lowest BCUT2D eigenvalue weighted by atomic mass is 10.1. The molecular formula is C70H117NO8. The Balaban J connectivity index is 4.24. The molecule has 0 saturated carbocycles. The smallest absolute Gasteiger partial charge is 0.306 e. The Morgan fingerprint density at radius 2 is 0.722 bits per heavy atom. The maximum Gasteiger partial charge on any atom is 0.306 e. The molecule has 2 unspecified atom stereocenters. The van der Waals surface area contributed by atoms with Crippen molar-refractivity contribution in [2.75, 3.05) is 47.5 Å². The molecule has 2 atom stereocenters. The monoisotopic (exact) mass is 1100 g/mol. The highest BCUT2D eigenvalue weighted by molar-refractivity contribution is 5.70. The number of likely N-dealkylation sites (N-methyl/N-ethyl adjacent to an activating group) is 1. The Kier molecular flexibility index (Phi) is 56.5. The quantitative estimate of drug-likeness (QED) is 0.0195. The average Bonchev–Trinajstić information content (AvgIpc) is 3.42. The number of hydrogen-bond acceptors (Lipinski definition) is 8. The highest BCUT2D eigenvalue weighted by Crippen LogP contribution is 2.15. The lowest BCUT2D eigenvalue weighted by molar-refractivity contribution is -0.870. The van der Waals surface area contributed by atoms with Crippen LogP contribution in [0.2, 0.25) is 0 Å². The lowest BCUT2D eigenvalue weighted by Crippen LogP contribution is -2.44. The first-order valence-electron chi connectivity index (χ1n) is 31.7. The van der Waals surface area contributed by atoms with Crippen molar-refractivity contribution < 1.29 is 42.9 Å². The number of carboxylic acids is 1. The number of hydrogen-bond donors (Lipinski definition) is 0. The van der Waals surface area contributed by atoms with Crippen LogP contribution in [0.1, 0.15) is 245 Å². The Hall–Kier alpha value is -4.31. The summed E-state index contributed by atoms with van der Waals surface area (Å²) in [5, 5.41) is 11.8. The Morgan fingerprint density at radius 3 is 1.09 bits per heavy atom. The van der Waals surface area contributed by atoms with Gasteiger partial charge in [-0.05, 0) is 109 Å². The summed E-state index contributed by atoms with van der Waals surface area (Å²) >= 11 is 0. The van der Waals surface area contributed by atoms with Crippen molar-refractivity contribution in [3.8, 4) is 0 Å². The standard InChI is InChI=1S/C70H117NO8/c1-6-8-10-12-14-16-18-20-22-24-26-27-28-29-30-31-32-33-34-35-36-37-38-39-40-41-43-45-47-49-51-53-55-57-59-61-68(73)79-66(65-78-70(69(74)75)76-63-62-71(3,4)5)64-77-67(72)60-58-56-54-52-50-48-46-44-42-25-23-21-19-17-15-13-11-9-7-2/h8,10,14,16,20-23,26-27,29-30,32-33,35-36,38-39,41,43,66,70H,6-7,9,11-13,15,17-19,24-25,28,31,34,37,40,42,44-65H2,1-5H3/b10-8-,16-14-,22-20-,23-21-,27-26-,30-29-,33-32-,36-35-,39-38-,43-41-. The van der Waals surface area contributed by atoms with Crippen molar-refractivity contribution in [3.63, 3.8) is 0 Å². The van der Waals surface area contributed by atoms with Gasteiger partial charge in [-0.25, -0.2) is 0 Å². The lowest BCUT2D eigenvalue weighted by Gasteiger charge is -2.26. The summed E-state index contributed by atoms with van der Waals surface area (Å²) in [5.41, 5.74) is 0. The Morgan fingerprint density at radius 1 is 0.392 bits per heavy atom. The van der Waals surface area contributed by atoms with Gasteiger partial charge in [0.15, 0.2) is 12.4 Å². The van der Waals surface area contributed by atoms with Crippen molar-refractivity contribution in [1.29, 1.82) is 0 Å². The molecule has 450 valence electrons. The third-order valence-electron chi connectivity index (χ3n) is 13.2. The van der Waals surface area contributed by atoms with Crippen LogP contribution in [-0.4, -0.2) is 82.3 Å². The minimum atomic E-state index is -1.63. The highest BCUT2D eigenvalue weighted by Gasteiger charge is 2.22. The van der Waals surface area contributed by atoms with E-state index in [1.807, 2.05) is 21.1 Å². The number of unbranched alkanes of at least 4 members (excludes halogenated alkanes) is 22. The number of carbonyl (C=O) groups excluding carboxylic acids is 3. The molecular weight excluding hydrogens is 983 g/mol. The zero-order chi connectivity index (χ0) is 57.6. The van der Waals surface area contributed by atoms with E-state index in [0.29, 0.717) is 17.4 Å². The summed E-state index contributed by atoms with van der Waals surface area (Å²) in [6.45, 7) is 4.61. The maximum atomic E-state index is 12.9. The predicted molar refractivity (Wildman–Crippen MR) is 333 cm³/mol. The number of allylic oxidation sites excluding steroid dienone is 20. The fourth-order valence-electron chi connectivity index (χ4n) is 8.35. The van der Waals surface area contributed by atoms with E-state index >= 15 is 0 Å². The summed E-state index contributed by atoms with van der Waals surface area (Å²) in [6, 6.07) is 0. The number of ether oxygens (including phenoxy) is 4. The molecule has 9 heteroatoms. The first-order chi connectivity index (χ1) is 38.6. The van der Waals surface area contributed by atoms with Crippen LogP contribution in [0.5, 0.6) is 0 Å².